The molecule has 2 atom stereocenters. The van der Waals surface area contributed by atoms with E-state index < -0.39 is 5.97 Å². The Morgan fingerprint density at radius 2 is 1.87 bits per heavy atom. The van der Waals surface area contributed by atoms with Crippen LogP contribution in [0.2, 0.25) is 0 Å². The predicted molar refractivity (Wildman–Crippen MR) is 116 cm³/mol. The molecule has 30 heavy (non-hydrogen) atoms. The third-order valence-corrected chi connectivity index (χ3v) is 7.79. The Morgan fingerprint density at radius 3 is 2.57 bits per heavy atom. The van der Waals surface area contributed by atoms with Gasteiger partial charge in [0.25, 0.3) is 0 Å². The minimum atomic E-state index is -0.605. The Labute approximate surface area is 179 Å². The molecule has 1 spiro atoms. The Kier molecular flexibility index (Phi) is 5.59. The van der Waals surface area contributed by atoms with Crippen molar-refractivity contribution in [1.82, 2.24) is 10.2 Å². The van der Waals surface area contributed by atoms with Gasteiger partial charge in [-0.3, -0.25) is 4.79 Å². The zero-order chi connectivity index (χ0) is 20.6. The molecule has 0 aromatic heterocycles. The molecule has 4 aliphatic rings. The summed E-state index contributed by atoms with van der Waals surface area (Å²) in [6, 6.07) is 11.1. The Hall–Kier alpha value is -1.85. The van der Waals surface area contributed by atoms with Crippen LogP contribution in [0.4, 0.5) is 0 Å². The van der Waals surface area contributed by atoms with Gasteiger partial charge >= 0.3 is 5.97 Å². The van der Waals surface area contributed by atoms with Crippen LogP contribution in [0.15, 0.2) is 42.1 Å². The summed E-state index contributed by atoms with van der Waals surface area (Å²) >= 11 is 0. The standard InChI is InChI=1S/C25H34N2O3/c28-24(29)20-8-6-18(7-9-20)16-27-12-10-25(11-13-27)15-21(17-30-25)26-23-14-22(23)19-4-2-1-3-5-19/h1-5,14,18,20-22,26H,6-13,15-17H2,(H,28,29)/t18-,20-,21?,22-/m0/s1. The SMILES string of the molecule is O=C(O)[C@H]1CC[C@H](CN2CCC3(CC2)CC(NC2=C[C@H]2c2ccccc2)CO3)CC1. The van der Waals surface area contributed by atoms with Crippen molar-refractivity contribution < 1.29 is 14.6 Å². The molecular weight excluding hydrogens is 376 g/mol. The van der Waals surface area contributed by atoms with Crippen LogP contribution in [-0.4, -0.2) is 53.9 Å². The van der Waals surface area contributed by atoms with E-state index in [9.17, 15) is 9.90 Å². The minimum Gasteiger partial charge on any atom is -0.481 e. The number of ether oxygens (including phenoxy) is 1. The molecule has 5 heteroatoms. The van der Waals surface area contributed by atoms with Crippen molar-refractivity contribution in [1.29, 1.82) is 0 Å². The number of aliphatic carboxylic acids is 1. The quantitative estimate of drug-likeness (QED) is 0.748. The molecule has 2 aliphatic heterocycles. The molecule has 0 radical (unpaired) electrons. The van der Waals surface area contributed by atoms with Gasteiger partial charge in [0, 0.05) is 31.2 Å². The molecule has 5 rings (SSSR count). The molecule has 1 unspecified atom stereocenters. The highest BCUT2D eigenvalue weighted by Crippen LogP contribution is 2.41. The number of hydrogen-bond donors (Lipinski definition) is 2. The lowest BCUT2D eigenvalue weighted by atomic mass is 9.81. The van der Waals surface area contributed by atoms with Gasteiger partial charge in [0.2, 0.25) is 0 Å². The fourth-order valence-corrected chi connectivity index (χ4v) is 5.83. The molecule has 1 aromatic rings. The number of carboxylic acids is 1. The highest BCUT2D eigenvalue weighted by molar-refractivity contribution is 5.69. The maximum absolute atomic E-state index is 11.1. The first kappa shape index (κ1) is 20.1. The van der Waals surface area contributed by atoms with Crippen molar-refractivity contribution in [2.24, 2.45) is 11.8 Å². The third-order valence-electron chi connectivity index (χ3n) is 7.79. The molecule has 3 fully saturated rings. The first-order valence-electron chi connectivity index (χ1n) is 11.7. The summed E-state index contributed by atoms with van der Waals surface area (Å²) in [7, 11) is 0. The number of carboxylic acid groups (broad SMARTS) is 1. The van der Waals surface area contributed by atoms with Crippen molar-refractivity contribution in [3.63, 3.8) is 0 Å². The van der Waals surface area contributed by atoms with Gasteiger partial charge in [-0.1, -0.05) is 36.4 Å². The Bertz CT molecular complexity index is 777. The lowest BCUT2D eigenvalue weighted by Gasteiger charge is -2.40. The lowest BCUT2D eigenvalue weighted by molar-refractivity contribution is -0.143. The number of carbonyl (C=O) groups is 1. The van der Waals surface area contributed by atoms with E-state index >= 15 is 0 Å². The van der Waals surface area contributed by atoms with Crippen LogP contribution in [0.1, 0.15) is 56.4 Å². The summed E-state index contributed by atoms with van der Waals surface area (Å²) < 4.78 is 6.36. The van der Waals surface area contributed by atoms with E-state index in [1.165, 1.54) is 11.3 Å². The molecule has 2 N–H and O–H groups in total. The number of piperidine rings is 1. The fraction of sp³-hybridized carbons (Fsp3) is 0.640. The third kappa shape index (κ3) is 4.42. The molecule has 2 heterocycles. The van der Waals surface area contributed by atoms with Crippen molar-refractivity contribution >= 4 is 5.97 Å². The number of benzene rings is 1. The summed E-state index contributed by atoms with van der Waals surface area (Å²) in [6.45, 7) is 4.18. The van der Waals surface area contributed by atoms with Gasteiger partial charge in [-0.15, -0.1) is 0 Å². The van der Waals surface area contributed by atoms with Crippen molar-refractivity contribution in [2.45, 2.75) is 62.5 Å². The van der Waals surface area contributed by atoms with E-state index in [1.807, 2.05) is 0 Å². The maximum atomic E-state index is 11.1. The van der Waals surface area contributed by atoms with Gasteiger partial charge in [-0.05, 0) is 56.4 Å². The van der Waals surface area contributed by atoms with E-state index in [2.05, 4.69) is 46.6 Å². The van der Waals surface area contributed by atoms with Crippen LogP contribution in [0.3, 0.4) is 0 Å². The van der Waals surface area contributed by atoms with Crippen LogP contribution in [0.25, 0.3) is 0 Å². The summed E-state index contributed by atoms with van der Waals surface area (Å²) in [5.41, 5.74) is 2.80. The van der Waals surface area contributed by atoms with E-state index in [1.54, 1.807) is 0 Å². The topological polar surface area (TPSA) is 61.8 Å². The molecule has 0 bridgehead atoms. The lowest BCUT2D eigenvalue weighted by Crippen LogP contribution is -2.46. The number of nitrogens with zero attached hydrogens (tertiary/aromatic N) is 1. The summed E-state index contributed by atoms with van der Waals surface area (Å²) in [5, 5.41) is 12.9. The predicted octanol–water partition coefficient (Wildman–Crippen LogP) is 3.77. The summed E-state index contributed by atoms with van der Waals surface area (Å²) in [5.74, 6) is 0.434. The van der Waals surface area contributed by atoms with Gasteiger partial charge in [0.15, 0.2) is 0 Å². The van der Waals surface area contributed by atoms with E-state index in [0.717, 1.165) is 71.2 Å². The second-order valence-electron chi connectivity index (χ2n) is 9.91. The van der Waals surface area contributed by atoms with Gasteiger partial charge in [0.05, 0.1) is 24.2 Å². The van der Waals surface area contributed by atoms with Crippen LogP contribution >= 0.6 is 0 Å². The number of allylic oxidation sites excluding steroid dienone is 2. The van der Waals surface area contributed by atoms with E-state index in [0.29, 0.717) is 17.9 Å². The molecule has 5 nitrogen and oxygen atoms in total. The highest BCUT2D eigenvalue weighted by atomic mass is 16.5. The van der Waals surface area contributed by atoms with Crippen LogP contribution in [0, 0.1) is 11.8 Å². The zero-order valence-corrected chi connectivity index (χ0v) is 17.8. The number of nitrogens with one attached hydrogen (secondary N) is 1. The van der Waals surface area contributed by atoms with E-state index in [-0.39, 0.29) is 11.5 Å². The summed E-state index contributed by atoms with van der Waals surface area (Å²) in [4.78, 5) is 13.7. The largest absolute Gasteiger partial charge is 0.481 e. The fourth-order valence-electron chi connectivity index (χ4n) is 5.83. The molecule has 1 saturated carbocycles. The highest BCUT2D eigenvalue weighted by Gasteiger charge is 2.44. The number of likely N-dealkylation sites (tertiary alicyclic amines) is 1. The monoisotopic (exact) mass is 410 g/mol. The molecule has 1 aromatic carbocycles. The summed E-state index contributed by atoms with van der Waals surface area (Å²) in [6.07, 6.45) is 9.53. The van der Waals surface area contributed by atoms with Crippen LogP contribution in [0.5, 0.6) is 0 Å². The van der Waals surface area contributed by atoms with E-state index in [4.69, 9.17) is 4.74 Å². The van der Waals surface area contributed by atoms with Gasteiger partial charge in [-0.25, -0.2) is 0 Å². The second kappa shape index (κ2) is 8.35. The minimum absolute atomic E-state index is 0.0623. The smallest absolute Gasteiger partial charge is 0.306 e. The van der Waals surface area contributed by atoms with Crippen LogP contribution in [-0.2, 0) is 9.53 Å². The molecule has 2 saturated heterocycles. The van der Waals surface area contributed by atoms with Crippen molar-refractivity contribution in [3.05, 3.63) is 47.7 Å². The van der Waals surface area contributed by atoms with Crippen molar-refractivity contribution in [2.75, 3.05) is 26.2 Å². The van der Waals surface area contributed by atoms with Gasteiger partial charge < -0.3 is 20.1 Å². The first-order chi connectivity index (χ1) is 14.6. The average molecular weight is 411 g/mol. The Balaban J connectivity index is 1.04. The van der Waals surface area contributed by atoms with Gasteiger partial charge in [0.1, 0.15) is 0 Å². The molecule has 2 aliphatic carbocycles. The first-order valence-corrected chi connectivity index (χ1v) is 11.7. The van der Waals surface area contributed by atoms with Crippen LogP contribution < -0.4 is 5.32 Å². The number of hydrogen-bond acceptors (Lipinski definition) is 4. The molecular formula is C25H34N2O3. The molecule has 0 amide bonds. The maximum Gasteiger partial charge on any atom is 0.306 e. The number of rotatable bonds is 6. The van der Waals surface area contributed by atoms with Gasteiger partial charge in [-0.2, -0.15) is 0 Å². The average Bonchev–Trinajstić information content (AvgIpc) is 3.43. The van der Waals surface area contributed by atoms with Crippen molar-refractivity contribution in [3.8, 4) is 0 Å². The normalized spacial score (nSPS) is 33.3. The molecule has 162 valence electrons. The Morgan fingerprint density at radius 1 is 1.13 bits per heavy atom. The second-order valence-corrected chi connectivity index (χ2v) is 9.91. The zero-order valence-electron chi connectivity index (χ0n) is 17.8.